The lowest BCUT2D eigenvalue weighted by atomic mass is 10.1. The van der Waals surface area contributed by atoms with Crippen LogP contribution in [-0.2, 0) is 19.1 Å². The zero-order valence-corrected chi connectivity index (χ0v) is 23.1. The summed E-state index contributed by atoms with van der Waals surface area (Å²) in [5, 5.41) is 19.3. The minimum Gasteiger partial charge on any atom is -0.462 e. The van der Waals surface area contributed by atoms with E-state index in [4.69, 9.17) is 9.47 Å². The molecule has 2 N–H and O–H groups in total. The maximum absolute atomic E-state index is 11.9. The number of unbranched alkanes of at least 4 members (excludes halogenated alkanes) is 5. The van der Waals surface area contributed by atoms with Crippen LogP contribution in [0.1, 0.15) is 97.3 Å². The van der Waals surface area contributed by atoms with Gasteiger partial charge in [0.1, 0.15) is 6.61 Å². The van der Waals surface area contributed by atoms with E-state index in [-0.39, 0.29) is 31.6 Å². The Labute approximate surface area is 224 Å². The average molecular weight is 519 g/mol. The zero-order chi connectivity index (χ0) is 27.4. The first-order valence-electron chi connectivity index (χ1n) is 14.0. The van der Waals surface area contributed by atoms with Gasteiger partial charge in [0, 0.05) is 12.8 Å². The van der Waals surface area contributed by atoms with Gasteiger partial charge in [0.15, 0.2) is 6.10 Å². The molecule has 0 rings (SSSR count). The van der Waals surface area contributed by atoms with Gasteiger partial charge < -0.3 is 19.7 Å². The molecule has 6 heteroatoms. The first-order chi connectivity index (χ1) is 18.0. The molecule has 0 aromatic carbocycles. The van der Waals surface area contributed by atoms with Crippen LogP contribution in [0.3, 0.4) is 0 Å². The Bertz CT molecular complexity index is 704. The molecule has 0 bridgehead atoms. The molecule has 0 saturated heterocycles. The first-order valence-corrected chi connectivity index (χ1v) is 14.0. The van der Waals surface area contributed by atoms with Crippen LogP contribution < -0.4 is 0 Å². The van der Waals surface area contributed by atoms with E-state index in [9.17, 15) is 19.8 Å². The van der Waals surface area contributed by atoms with Gasteiger partial charge in [0.05, 0.1) is 12.7 Å². The Morgan fingerprint density at radius 3 is 2.24 bits per heavy atom. The van der Waals surface area contributed by atoms with Gasteiger partial charge in [0.2, 0.25) is 0 Å². The van der Waals surface area contributed by atoms with Crippen molar-refractivity contribution in [3.05, 3.63) is 60.8 Å². The minimum atomic E-state index is -0.807. The number of aliphatic hydroxyl groups is 2. The molecule has 0 heterocycles. The molecule has 37 heavy (non-hydrogen) atoms. The Balaban J connectivity index is 3.86. The van der Waals surface area contributed by atoms with Gasteiger partial charge in [0.25, 0.3) is 0 Å². The smallest absolute Gasteiger partial charge is 0.306 e. The standard InChI is InChI=1S/C31H50O6/c1-3-5-7-9-15-18-22-28(33)23-19-16-12-10-11-13-17-20-24-30(34)36-27-29(26-32)37-31(35)25-21-14-8-6-4-2/h5,7,11-13,15-16,18-19,23,28-29,32-33H,3-4,6,8-10,14,17,20-22,24-27H2,1-2H3/b7-5-,13-11-,16-12-,18-15-,23-19+/t28?,29-/m0/s1. The Morgan fingerprint density at radius 1 is 0.784 bits per heavy atom. The summed E-state index contributed by atoms with van der Waals surface area (Å²) in [6.45, 7) is 3.76. The summed E-state index contributed by atoms with van der Waals surface area (Å²) >= 11 is 0. The molecular weight excluding hydrogens is 468 g/mol. The van der Waals surface area contributed by atoms with E-state index < -0.39 is 12.2 Å². The summed E-state index contributed by atoms with van der Waals surface area (Å²) < 4.78 is 10.3. The number of rotatable bonds is 23. The van der Waals surface area contributed by atoms with Gasteiger partial charge in [-0.25, -0.2) is 0 Å². The molecule has 1 unspecified atom stereocenters. The van der Waals surface area contributed by atoms with Crippen molar-refractivity contribution in [1.82, 2.24) is 0 Å². The van der Waals surface area contributed by atoms with E-state index in [1.54, 1.807) is 6.08 Å². The zero-order valence-electron chi connectivity index (χ0n) is 23.1. The molecule has 0 aliphatic heterocycles. The highest BCUT2D eigenvalue weighted by Gasteiger charge is 2.15. The number of aliphatic hydroxyl groups excluding tert-OH is 2. The molecular formula is C31H50O6. The normalized spacial score (nSPS) is 13.9. The molecule has 2 atom stereocenters. The second-order valence-electron chi connectivity index (χ2n) is 8.94. The number of allylic oxidation sites excluding steroid dienone is 8. The van der Waals surface area contributed by atoms with Crippen LogP contribution in [-0.4, -0.2) is 47.6 Å². The number of ether oxygens (including phenoxy) is 2. The third kappa shape index (κ3) is 25.0. The third-order valence-corrected chi connectivity index (χ3v) is 5.41. The second kappa shape index (κ2) is 26.6. The fourth-order valence-corrected chi connectivity index (χ4v) is 3.26. The summed E-state index contributed by atoms with van der Waals surface area (Å²) in [5.74, 6) is -0.723. The molecule has 0 amide bonds. The molecule has 0 fully saturated rings. The van der Waals surface area contributed by atoms with Crippen LogP contribution >= 0.6 is 0 Å². The van der Waals surface area contributed by atoms with E-state index in [0.717, 1.165) is 57.8 Å². The predicted molar refractivity (Wildman–Crippen MR) is 151 cm³/mol. The average Bonchev–Trinajstić information content (AvgIpc) is 2.89. The highest BCUT2D eigenvalue weighted by Crippen LogP contribution is 2.08. The van der Waals surface area contributed by atoms with Crippen molar-refractivity contribution in [2.45, 2.75) is 110 Å². The topological polar surface area (TPSA) is 93.1 Å². The van der Waals surface area contributed by atoms with E-state index in [0.29, 0.717) is 19.3 Å². The lowest BCUT2D eigenvalue weighted by Crippen LogP contribution is -2.28. The molecule has 0 aromatic heterocycles. The van der Waals surface area contributed by atoms with Crippen LogP contribution in [0.2, 0.25) is 0 Å². The highest BCUT2D eigenvalue weighted by molar-refractivity contribution is 5.70. The molecule has 6 nitrogen and oxygen atoms in total. The number of carbonyl (C=O) groups excluding carboxylic acids is 2. The number of carbonyl (C=O) groups is 2. The van der Waals surface area contributed by atoms with Crippen LogP contribution in [0.5, 0.6) is 0 Å². The van der Waals surface area contributed by atoms with Crippen molar-refractivity contribution in [2.24, 2.45) is 0 Å². The molecule has 0 aromatic rings. The summed E-state index contributed by atoms with van der Waals surface area (Å²) in [7, 11) is 0. The molecule has 0 saturated carbocycles. The van der Waals surface area contributed by atoms with Crippen LogP contribution in [0.25, 0.3) is 0 Å². The predicted octanol–water partition coefficient (Wildman–Crippen LogP) is 6.69. The Kier molecular flexibility index (Phi) is 24.9. The van der Waals surface area contributed by atoms with Crippen LogP contribution in [0.15, 0.2) is 60.8 Å². The number of esters is 2. The minimum absolute atomic E-state index is 0.119. The summed E-state index contributed by atoms with van der Waals surface area (Å²) in [5.41, 5.74) is 0. The lowest BCUT2D eigenvalue weighted by Gasteiger charge is -2.15. The fourth-order valence-electron chi connectivity index (χ4n) is 3.26. The Hall–Kier alpha value is -2.44. The maximum atomic E-state index is 11.9. The van der Waals surface area contributed by atoms with Crippen molar-refractivity contribution in [1.29, 1.82) is 0 Å². The molecule has 0 aliphatic rings. The molecule has 0 radical (unpaired) electrons. The monoisotopic (exact) mass is 518 g/mol. The van der Waals surface area contributed by atoms with E-state index >= 15 is 0 Å². The molecule has 0 spiro atoms. The molecule has 210 valence electrons. The number of hydrogen-bond donors (Lipinski definition) is 2. The van der Waals surface area contributed by atoms with Gasteiger partial charge in [-0.2, -0.15) is 0 Å². The van der Waals surface area contributed by atoms with Gasteiger partial charge in [-0.15, -0.1) is 0 Å². The third-order valence-electron chi connectivity index (χ3n) is 5.41. The van der Waals surface area contributed by atoms with Crippen molar-refractivity contribution in [3.8, 4) is 0 Å². The van der Waals surface area contributed by atoms with Gasteiger partial charge >= 0.3 is 11.9 Å². The van der Waals surface area contributed by atoms with E-state index in [1.807, 2.05) is 36.5 Å². The van der Waals surface area contributed by atoms with E-state index in [2.05, 4.69) is 32.1 Å². The van der Waals surface area contributed by atoms with Gasteiger partial charge in [-0.1, -0.05) is 100 Å². The largest absolute Gasteiger partial charge is 0.462 e. The lowest BCUT2D eigenvalue weighted by molar-refractivity contribution is -0.161. The summed E-state index contributed by atoms with van der Waals surface area (Å²) in [6, 6.07) is 0. The van der Waals surface area contributed by atoms with E-state index in [1.165, 1.54) is 0 Å². The molecule has 0 aliphatic carbocycles. The first kappa shape index (κ1) is 34.6. The van der Waals surface area contributed by atoms with Crippen molar-refractivity contribution < 1.29 is 29.3 Å². The SMILES string of the molecule is CC/C=C\C/C=C\CC(O)/C=C/C=C\C/C=C\CCCC(=O)OC[C@H](CO)OC(=O)CCCCCCC. The van der Waals surface area contributed by atoms with Gasteiger partial charge in [-0.3, -0.25) is 9.59 Å². The van der Waals surface area contributed by atoms with Crippen molar-refractivity contribution >= 4 is 11.9 Å². The van der Waals surface area contributed by atoms with Crippen LogP contribution in [0, 0.1) is 0 Å². The quantitative estimate of drug-likeness (QED) is 0.0678. The van der Waals surface area contributed by atoms with Gasteiger partial charge in [-0.05, 0) is 44.9 Å². The summed E-state index contributed by atoms with van der Waals surface area (Å²) in [6.07, 6.45) is 29.1. The van der Waals surface area contributed by atoms with Crippen LogP contribution in [0.4, 0.5) is 0 Å². The fraction of sp³-hybridized carbons (Fsp3) is 0.613. The maximum Gasteiger partial charge on any atom is 0.306 e. The Morgan fingerprint density at radius 2 is 1.49 bits per heavy atom. The second-order valence-corrected chi connectivity index (χ2v) is 8.94. The van der Waals surface area contributed by atoms with Crippen molar-refractivity contribution in [3.63, 3.8) is 0 Å². The van der Waals surface area contributed by atoms with Crippen molar-refractivity contribution in [2.75, 3.05) is 13.2 Å². The number of hydrogen-bond acceptors (Lipinski definition) is 6. The summed E-state index contributed by atoms with van der Waals surface area (Å²) in [4.78, 5) is 23.7. The highest BCUT2D eigenvalue weighted by atomic mass is 16.6.